The Kier molecular flexibility index (Phi) is 2.46. The minimum Gasteiger partial charge on any atom is -0.456 e. The van der Waals surface area contributed by atoms with Crippen molar-refractivity contribution in [3.63, 3.8) is 0 Å². The highest BCUT2D eigenvalue weighted by Crippen LogP contribution is 2.67. The zero-order valence-corrected chi connectivity index (χ0v) is 12.0. The van der Waals surface area contributed by atoms with E-state index in [1.54, 1.807) is 0 Å². The fourth-order valence-electron chi connectivity index (χ4n) is 3.77. The predicted molar refractivity (Wildman–Crippen MR) is 68.8 cm³/mol. The molecule has 0 N–H and O–H groups in total. The molecule has 2 saturated heterocycles. The highest BCUT2D eigenvalue weighted by atomic mass is 16.7. The summed E-state index contributed by atoms with van der Waals surface area (Å²) in [6.45, 7) is 7.09. The van der Waals surface area contributed by atoms with Gasteiger partial charge in [-0.3, -0.25) is 4.79 Å². The lowest BCUT2D eigenvalue weighted by atomic mass is 9.95. The molecule has 5 nitrogen and oxygen atoms in total. The van der Waals surface area contributed by atoms with Crippen LogP contribution in [0, 0.1) is 17.3 Å². The van der Waals surface area contributed by atoms with Crippen molar-refractivity contribution in [3.8, 4) is 0 Å². The average molecular weight is 280 g/mol. The highest BCUT2D eigenvalue weighted by molar-refractivity contribution is 5.66. The van der Waals surface area contributed by atoms with E-state index in [-0.39, 0.29) is 41.5 Å². The quantitative estimate of drug-likeness (QED) is 0.535. The Morgan fingerprint density at radius 3 is 2.55 bits per heavy atom. The molecule has 3 heterocycles. The van der Waals surface area contributed by atoms with Crippen LogP contribution in [0.5, 0.6) is 0 Å². The molecule has 1 saturated carbocycles. The molecule has 110 valence electrons. The van der Waals surface area contributed by atoms with E-state index in [2.05, 4.69) is 13.8 Å². The molecule has 0 amide bonds. The first-order valence-corrected chi connectivity index (χ1v) is 7.22. The van der Waals surface area contributed by atoms with Crippen LogP contribution < -0.4 is 0 Å². The van der Waals surface area contributed by atoms with Crippen molar-refractivity contribution in [2.24, 2.45) is 17.3 Å². The zero-order chi connectivity index (χ0) is 14.1. The van der Waals surface area contributed by atoms with E-state index in [4.69, 9.17) is 18.9 Å². The number of ether oxygens (including phenoxy) is 4. The van der Waals surface area contributed by atoms with E-state index in [1.165, 1.54) is 6.92 Å². The predicted octanol–water partition coefficient (Wildman–Crippen LogP) is 1.27. The van der Waals surface area contributed by atoms with Crippen molar-refractivity contribution in [1.29, 1.82) is 0 Å². The number of carbonyl (C=O) groups excluding carboxylic acids is 1. The summed E-state index contributed by atoms with van der Waals surface area (Å²) >= 11 is 0. The van der Waals surface area contributed by atoms with Crippen LogP contribution in [0.1, 0.15) is 20.8 Å². The SMILES string of the molecule is CC(=O)O[C@@H]1C=C[C@H]2O[C@@H]1[C@H]1[C@@H]2C12OCC(C)(C)CO2. The number of carbonyl (C=O) groups is 1. The molecule has 4 rings (SSSR count). The summed E-state index contributed by atoms with van der Waals surface area (Å²) in [6.07, 6.45) is 3.49. The first kappa shape index (κ1) is 12.8. The van der Waals surface area contributed by atoms with Gasteiger partial charge in [0.25, 0.3) is 0 Å². The number of hydrogen-bond donors (Lipinski definition) is 0. The molecule has 3 fully saturated rings. The number of rotatable bonds is 1. The van der Waals surface area contributed by atoms with Crippen molar-refractivity contribution < 1.29 is 23.7 Å². The summed E-state index contributed by atoms with van der Waals surface area (Å²) in [5, 5.41) is 0. The van der Waals surface area contributed by atoms with E-state index >= 15 is 0 Å². The molecule has 2 bridgehead atoms. The Hall–Kier alpha value is -0.910. The maximum atomic E-state index is 11.2. The lowest BCUT2D eigenvalue weighted by molar-refractivity contribution is -0.278. The van der Waals surface area contributed by atoms with Crippen LogP contribution in [-0.4, -0.2) is 43.3 Å². The van der Waals surface area contributed by atoms with Crippen LogP contribution in [0.2, 0.25) is 0 Å². The smallest absolute Gasteiger partial charge is 0.303 e. The van der Waals surface area contributed by atoms with Gasteiger partial charge in [0.15, 0.2) is 5.79 Å². The van der Waals surface area contributed by atoms with Crippen LogP contribution in [0.4, 0.5) is 0 Å². The molecular formula is C15H20O5. The van der Waals surface area contributed by atoms with Crippen molar-refractivity contribution in [2.45, 2.75) is 44.9 Å². The van der Waals surface area contributed by atoms with Gasteiger partial charge in [0.05, 0.1) is 31.2 Å². The summed E-state index contributed by atoms with van der Waals surface area (Å²) in [7, 11) is 0. The lowest BCUT2D eigenvalue weighted by Gasteiger charge is -2.40. The molecule has 0 radical (unpaired) electrons. The molecule has 3 aliphatic heterocycles. The molecule has 5 atom stereocenters. The molecule has 0 aromatic heterocycles. The second-order valence-corrected chi connectivity index (χ2v) is 7.04. The summed E-state index contributed by atoms with van der Waals surface area (Å²) in [5.41, 5.74) is 0.0588. The van der Waals surface area contributed by atoms with Crippen LogP contribution in [0.25, 0.3) is 0 Å². The van der Waals surface area contributed by atoms with Gasteiger partial charge >= 0.3 is 5.97 Å². The second-order valence-electron chi connectivity index (χ2n) is 7.04. The van der Waals surface area contributed by atoms with Crippen LogP contribution in [0.3, 0.4) is 0 Å². The standard InChI is InChI=1S/C15H20O5/c1-8(16)19-10-5-4-9-11-12(13(10)20-9)15(11)17-6-14(2,3)7-18-15/h4-5,9-13H,6-7H2,1-3H3/t9-,10-,11-,12-,13+/m1/s1. The topological polar surface area (TPSA) is 54.0 Å². The molecule has 20 heavy (non-hydrogen) atoms. The molecule has 5 heteroatoms. The molecule has 0 aromatic carbocycles. The maximum Gasteiger partial charge on any atom is 0.303 e. The lowest BCUT2D eigenvalue weighted by Crippen LogP contribution is -2.48. The minimum atomic E-state index is -0.508. The minimum absolute atomic E-state index is 0.0259. The van der Waals surface area contributed by atoms with Crippen molar-refractivity contribution in [2.75, 3.05) is 13.2 Å². The fraction of sp³-hybridized carbons (Fsp3) is 0.800. The maximum absolute atomic E-state index is 11.2. The fourth-order valence-corrected chi connectivity index (χ4v) is 3.77. The van der Waals surface area contributed by atoms with E-state index in [9.17, 15) is 4.79 Å². The third-order valence-electron chi connectivity index (χ3n) is 4.72. The zero-order valence-electron chi connectivity index (χ0n) is 12.0. The van der Waals surface area contributed by atoms with Crippen LogP contribution in [0.15, 0.2) is 12.2 Å². The first-order chi connectivity index (χ1) is 9.43. The van der Waals surface area contributed by atoms with Gasteiger partial charge in [-0.25, -0.2) is 0 Å². The summed E-state index contributed by atoms with van der Waals surface area (Å²) in [5.74, 6) is -0.387. The third-order valence-corrected chi connectivity index (χ3v) is 4.72. The summed E-state index contributed by atoms with van der Waals surface area (Å²) in [4.78, 5) is 11.2. The van der Waals surface area contributed by atoms with Crippen molar-refractivity contribution >= 4 is 5.97 Å². The van der Waals surface area contributed by atoms with Gasteiger partial charge in [-0.05, 0) is 6.08 Å². The molecule has 1 spiro atoms. The average Bonchev–Trinajstić information content (AvgIpc) is 2.90. The van der Waals surface area contributed by atoms with Gasteiger partial charge < -0.3 is 18.9 Å². The van der Waals surface area contributed by atoms with Gasteiger partial charge in [0.2, 0.25) is 0 Å². The monoisotopic (exact) mass is 280 g/mol. The summed E-state index contributed by atoms with van der Waals surface area (Å²) in [6, 6.07) is 0. The summed E-state index contributed by atoms with van der Waals surface area (Å²) < 4.78 is 23.4. The van der Waals surface area contributed by atoms with Gasteiger partial charge in [-0.1, -0.05) is 19.9 Å². The van der Waals surface area contributed by atoms with Crippen LogP contribution in [-0.2, 0) is 23.7 Å². The van der Waals surface area contributed by atoms with Gasteiger partial charge in [0, 0.05) is 12.3 Å². The largest absolute Gasteiger partial charge is 0.456 e. The van der Waals surface area contributed by atoms with Crippen molar-refractivity contribution in [3.05, 3.63) is 12.2 Å². The van der Waals surface area contributed by atoms with Gasteiger partial charge in [0.1, 0.15) is 12.2 Å². The molecule has 0 unspecified atom stereocenters. The van der Waals surface area contributed by atoms with E-state index < -0.39 is 5.79 Å². The molecule has 1 aliphatic carbocycles. The number of esters is 1. The second kappa shape index (κ2) is 3.84. The number of hydrogen-bond acceptors (Lipinski definition) is 5. The molecule has 0 aromatic rings. The molecule has 4 aliphatic rings. The Labute approximate surface area is 118 Å². The Bertz CT molecular complexity index is 473. The van der Waals surface area contributed by atoms with E-state index in [0.29, 0.717) is 13.2 Å². The van der Waals surface area contributed by atoms with E-state index in [0.717, 1.165) is 0 Å². The number of fused-ring (bicyclic) bond motifs is 7. The highest BCUT2D eigenvalue weighted by Gasteiger charge is 2.80. The first-order valence-electron chi connectivity index (χ1n) is 7.22. The van der Waals surface area contributed by atoms with Gasteiger partial charge in [-0.2, -0.15) is 0 Å². The van der Waals surface area contributed by atoms with Gasteiger partial charge in [-0.15, -0.1) is 0 Å². The van der Waals surface area contributed by atoms with E-state index in [1.807, 2.05) is 12.2 Å². The Morgan fingerprint density at radius 1 is 1.20 bits per heavy atom. The normalized spacial score (nSPS) is 46.0. The van der Waals surface area contributed by atoms with Crippen molar-refractivity contribution in [1.82, 2.24) is 0 Å². The van der Waals surface area contributed by atoms with Crippen LogP contribution >= 0.6 is 0 Å². The Balaban J connectivity index is 1.54. The molecular weight excluding hydrogens is 260 g/mol. The third kappa shape index (κ3) is 1.63. The Morgan fingerprint density at radius 2 is 1.90 bits per heavy atom.